The second-order valence-electron chi connectivity index (χ2n) is 4.87. The number of hydrogen-bond acceptors (Lipinski definition) is 3. The Morgan fingerprint density at radius 2 is 1.91 bits per heavy atom. The average Bonchev–Trinajstić information content (AvgIpc) is 2.50. The summed E-state index contributed by atoms with van der Waals surface area (Å²) in [4.78, 5) is 11.1. The molecule has 0 aliphatic carbocycles. The highest BCUT2D eigenvalue weighted by Gasteiger charge is 2.25. The van der Waals surface area contributed by atoms with Crippen molar-refractivity contribution in [2.75, 3.05) is 0 Å². The Balaban J connectivity index is 2.46. The van der Waals surface area contributed by atoms with Gasteiger partial charge in [0.2, 0.25) is 0 Å². The topological polar surface area (TPSA) is 63.9 Å². The van der Waals surface area contributed by atoms with Crippen LogP contribution in [-0.2, 0) is 4.79 Å². The van der Waals surface area contributed by atoms with Gasteiger partial charge in [-0.1, -0.05) is 48.0 Å². The van der Waals surface area contributed by atoms with E-state index >= 15 is 0 Å². The normalized spacial score (nSPS) is 13.1. The van der Waals surface area contributed by atoms with Crippen molar-refractivity contribution in [2.45, 2.75) is 18.3 Å². The molecule has 22 heavy (non-hydrogen) atoms. The number of carboxylic acids is 1. The number of benzene rings is 2. The quantitative estimate of drug-likeness (QED) is 0.851. The highest BCUT2D eigenvalue weighted by atomic mass is 35.5. The standard InChI is InChI=1S/C17H13ClFNO2/c18-15-8-12(6-7-16(15)19)13(9-17(21)22)14(10-20)11-4-2-1-3-5-11/h1-8,13-14H,9H2,(H,21,22)/p-1. The van der Waals surface area contributed by atoms with E-state index in [0.29, 0.717) is 11.1 Å². The molecule has 0 aliphatic rings. The zero-order chi connectivity index (χ0) is 16.1. The Labute approximate surface area is 132 Å². The van der Waals surface area contributed by atoms with Crippen molar-refractivity contribution in [3.8, 4) is 6.07 Å². The first kappa shape index (κ1) is 16.0. The summed E-state index contributed by atoms with van der Waals surface area (Å²) >= 11 is 5.77. The lowest BCUT2D eigenvalue weighted by Gasteiger charge is -2.23. The molecule has 0 N–H and O–H groups in total. The van der Waals surface area contributed by atoms with E-state index in [9.17, 15) is 19.6 Å². The minimum Gasteiger partial charge on any atom is -0.550 e. The Hall–Kier alpha value is -2.38. The molecule has 2 aromatic rings. The van der Waals surface area contributed by atoms with E-state index in [-0.39, 0.29) is 11.4 Å². The fourth-order valence-corrected chi connectivity index (χ4v) is 2.60. The van der Waals surface area contributed by atoms with Crippen molar-refractivity contribution in [3.05, 3.63) is 70.5 Å². The van der Waals surface area contributed by atoms with Crippen LogP contribution in [0.3, 0.4) is 0 Å². The number of aliphatic carboxylic acids is 1. The van der Waals surface area contributed by atoms with Crippen molar-refractivity contribution in [1.29, 1.82) is 5.26 Å². The summed E-state index contributed by atoms with van der Waals surface area (Å²) in [5.41, 5.74) is 1.18. The zero-order valence-corrected chi connectivity index (χ0v) is 12.3. The summed E-state index contributed by atoms with van der Waals surface area (Å²) in [5.74, 6) is -3.23. The van der Waals surface area contributed by atoms with Crippen LogP contribution >= 0.6 is 11.6 Å². The Morgan fingerprint density at radius 3 is 2.45 bits per heavy atom. The highest BCUT2D eigenvalue weighted by molar-refractivity contribution is 6.30. The van der Waals surface area contributed by atoms with Crippen LogP contribution in [0.1, 0.15) is 29.4 Å². The molecular formula is C17H12ClFNO2-. The molecule has 0 saturated carbocycles. The summed E-state index contributed by atoms with van der Waals surface area (Å²) in [5, 5.41) is 20.4. The number of carboxylic acid groups (broad SMARTS) is 1. The molecule has 0 aliphatic heterocycles. The van der Waals surface area contributed by atoms with Crippen molar-refractivity contribution in [2.24, 2.45) is 0 Å². The van der Waals surface area contributed by atoms with E-state index in [0.717, 1.165) is 0 Å². The molecule has 0 heterocycles. The molecule has 0 bridgehead atoms. The Kier molecular flexibility index (Phi) is 5.13. The molecular weight excluding hydrogens is 305 g/mol. The molecule has 2 aromatic carbocycles. The second kappa shape index (κ2) is 7.06. The van der Waals surface area contributed by atoms with E-state index in [2.05, 4.69) is 6.07 Å². The van der Waals surface area contributed by atoms with Gasteiger partial charge in [-0.2, -0.15) is 5.26 Å². The number of carbonyl (C=O) groups excluding carboxylic acids is 1. The third-order valence-electron chi connectivity index (χ3n) is 3.46. The van der Waals surface area contributed by atoms with Gasteiger partial charge in [0.25, 0.3) is 0 Å². The minimum absolute atomic E-state index is 0.106. The van der Waals surface area contributed by atoms with Gasteiger partial charge < -0.3 is 9.90 Å². The highest BCUT2D eigenvalue weighted by Crippen LogP contribution is 2.36. The molecule has 2 rings (SSSR count). The van der Waals surface area contributed by atoms with Crippen molar-refractivity contribution in [1.82, 2.24) is 0 Å². The van der Waals surface area contributed by atoms with Crippen LogP contribution in [0.25, 0.3) is 0 Å². The lowest BCUT2D eigenvalue weighted by atomic mass is 9.80. The maximum atomic E-state index is 13.3. The Bertz CT molecular complexity index is 712. The molecule has 0 aromatic heterocycles. The van der Waals surface area contributed by atoms with Gasteiger partial charge in [0.1, 0.15) is 5.82 Å². The molecule has 3 nitrogen and oxygen atoms in total. The van der Waals surface area contributed by atoms with Gasteiger partial charge in [0, 0.05) is 11.9 Å². The third kappa shape index (κ3) is 3.63. The van der Waals surface area contributed by atoms with Crippen molar-refractivity contribution >= 4 is 17.6 Å². The first-order chi connectivity index (χ1) is 10.5. The number of nitriles is 1. The molecule has 5 heteroatoms. The first-order valence-electron chi connectivity index (χ1n) is 6.62. The van der Waals surface area contributed by atoms with Crippen LogP contribution in [0.5, 0.6) is 0 Å². The minimum atomic E-state index is -1.28. The van der Waals surface area contributed by atoms with Gasteiger partial charge in [0.15, 0.2) is 0 Å². The van der Waals surface area contributed by atoms with E-state index in [4.69, 9.17) is 11.6 Å². The smallest absolute Gasteiger partial charge is 0.141 e. The fraction of sp³-hybridized carbons (Fsp3) is 0.176. The number of nitrogens with zero attached hydrogens (tertiary/aromatic N) is 1. The summed E-state index contributed by atoms with van der Waals surface area (Å²) in [6.45, 7) is 0. The van der Waals surface area contributed by atoms with Gasteiger partial charge in [0.05, 0.1) is 17.0 Å². The number of hydrogen-bond donors (Lipinski definition) is 0. The second-order valence-corrected chi connectivity index (χ2v) is 5.28. The molecule has 2 atom stereocenters. The molecule has 0 fully saturated rings. The van der Waals surface area contributed by atoms with Gasteiger partial charge in [-0.05, 0) is 29.7 Å². The predicted molar refractivity (Wildman–Crippen MR) is 78.6 cm³/mol. The molecule has 0 spiro atoms. The average molecular weight is 317 g/mol. The van der Waals surface area contributed by atoms with Crippen LogP contribution in [0.2, 0.25) is 5.02 Å². The Morgan fingerprint density at radius 1 is 1.23 bits per heavy atom. The lowest BCUT2D eigenvalue weighted by Crippen LogP contribution is -2.26. The zero-order valence-electron chi connectivity index (χ0n) is 11.5. The van der Waals surface area contributed by atoms with E-state index in [1.165, 1.54) is 18.2 Å². The maximum absolute atomic E-state index is 13.3. The molecule has 0 saturated heterocycles. The summed E-state index contributed by atoms with van der Waals surface area (Å²) in [6, 6.07) is 15.0. The van der Waals surface area contributed by atoms with Crippen molar-refractivity contribution in [3.63, 3.8) is 0 Å². The predicted octanol–water partition coefficient (Wildman–Crippen LogP) is 3.01. The van der Waals surface area contributed by atoms with Gasteiger partial charge >= 0.3 is 0 Å². The van der Waals surface area contributed by atoms with Gasteiger partial charge in [-0.3, -0.25) is 0 Å². The largest absolute Gasteiger partial charge is 0.550 e. The molecule has 0 amide bonds. The maximum Gasteiger partial charge on any atom is 0.141 e. The molecule has 112 valence electrons. The van der Waals surface area contributed by atoms with Crippen LogP contribution in [0, 0.1) is 17.1 Å². The van der Waals surface area contributed by atoms with Crippen molar-refractivity contribution < 1.29 is 14.3 Å². The van der Waals surface area contributed by atoms with Gasteiger partial charge in [-0.15, -0.1) is 0 Å². The summed E-state index contributed by atoms with van der Waals surface area (Å²) < 4.78 is 13.3. The number of halogens is 2. The third-order valence-corrected chi connectivity index (χ3v) is 3.75. The SMILES string of the molecule is N#CC(c1ccccc1)C(CC(=O)[O-])c1ccc(F)c(Cl)c1. The molecule has 0 radical (unpaired) electrons. The van der Waals surface area contributed by atoms with Crippen LogP contribution in [0.15, 0.2) is 48.5 Å². The number of carbonyl (C=O) groups is 1. The van der Waals surface area contributed by atoms with Crippen LogP contribution in [0.4, 0.5) is 4.39 Å². The monoisotopic (exact) mass is 316 g/mol. The van der Waals surface area contributed by atoms with Crippen LogP contribution < -0.4 is 5.11 Å². The summed E-state index contributed by atoms with van der Waals surface area (Å²) in [7, 11) is 0. The fourth-order valence-electron chi connectivity index (χ4n) is 2.41. The molecule has 2 unspecified atom stereocenters. The van der Waals surface area contributed by atoms with Gasteiger partial charge in [-0.25, -0.2) is 4.39 Å². The number of rotatable bonds is 5. The van der Waals surface area contributed by atoms with Crippen LogP contribution in [-0.4, -0.2) is 5.97 Å². The van der Waals surface area contributed by atoms with E-state index in [1.54, 1.807) is 30.3 Å². The first-order valence-corrected chi connectivity index (χ1v) is 7.00. The van der Waals surface area contributed by atoms with E-state index in [1.807, 2.05) is 0 Å². The van der Waals surface area contributed by atoms with E-state index < -0.39 is 23.6 Å². The summed E-state index contributed by atoms with van der Waals surface area (Å²) in [6.07, 6.45) is -0.352. The lowest BCUT2D eigenvalue weighted by molar-refractivity contribution is -0.306.